The number of hydrogen-bond donors (Lipinski definition) is 2. The number of methoxy groups -OCH3 is 2. The Labute approximate surface area is 170 Å². The van der Waals surface area contributed by atoms with Crippen LogP contribution >= 0.6 is 0 Å². The number of benzene rings is 1. The molecule has 4 rings (SSSR count). The van der Waals surface area contributed by atoms with Crippen LogP contribution in [0.25, 0.3) is 16.9 Å². The van der Waals surface area contributed by atoms with Crippen LogP contribution in [-0.2, 0) is 0 Å². The second kappa shape index (κ2) is 8.48. The SMILES string of the molecule is COc1ccc(OC)c(-c2nc3c(C#N)c[nH]n3c2NC2CCCCCCC2)c1. The summed E-state index contributed by atoms with van der Waals surface area (Å²) in [6.45, 7) is 0. The molecule has 7 heteroatoms. The van der Waals surface area contributed by atoms with Gasteiger partial charge < -0.3 is 14.8 Å². The van der Waals surface area contributed by atoms with E-state index in [0.717, 1.165) is 35.7 Å². The Morgan fingerprint density at radius 2 is 1.90 bits per heavy atom. The van der Waals surface area contributed by atoms with Gasteiger partial charge in [0.1, 0.15) is 28.8 Å². The summed E-state index contributed by atoms with van der Waals surface area (Å²) in [6.07, 6.45) is 10.3. The Kier molecular flexibility index (Phi) is 5.61. The molecule has 0 saturated heterocycles. The molecule has 1 fully saturated rings. The number of aromatic nitrogens is 3. The molecular weight excluding hydrogens is 366 g/mol. The smallest absolute Gasteiger partial charge is 0.173 e. The van der Waals surface area contributed by atoms with Crippen molar-refractivity contribution in [3.63, 3.8) is 0 Å². The zero-order valence-corrected chi connectivity index (χ0v) is 17.0. The third kappa shape index (κ3) is 3.75. The summed E-state index contributed by atoms with van der Waals surface area (Å²) in [5.41, 5.74) is 2.71. The number of nitrogens with zero attached hydrogens (tertiary/aromatic N) is 3. The topological polar surface area (TPSA) is 87.4 Å². The molecule has 2 N–H and O–H groups in total. The van der Waals surface area contributed by atoms with Gasteiger partial charge in [-0.1, -0.05) is 32.1 Å². The maximum Gasteiger partial charge on any atom is 0.173 e. The molecule has 1 saturated carbocycles. The van der Waals surface area contributed by atoms with Crippen molar-refractivity contribution in [2.45, 2.75) is 51.0 Å². The van der Waals surface area contributed by atoms with Crippen molar-refractivity contribution in [3.8, 4) is 28.8 Å². The Morgan fingerprint density at radius 3 is 2.59 bits per heavy atom. The second-order valence-corrected chi connectivity index (χ2v) is 7.52. The van der Waals surface area contributed by atoms with E-state index in [1.807, 2.05) is 22.7 Å². The van der Waals surface area contributed by atoms with Crippen LogP contribution in [0.15, 0.2) is 24.4 Å². The molecule has 0 radical (unpaired) electrons. The van der Waals surface area contributed by atoms with Crippen molar-refractivity contribution >= 4 is 11.5 Å². The molecule has 0 amide bonds. The van der Waals surface area contributed by atoms with Gasteiger partial charge in [-0.3, -0.25) is 5.10 Å². The quantitative estimate of drug-likeness (QED) is 0.653. The average molecular weight is 393 g/mol. The van der Waals surface area contributed by atoms with Crippen LogP contribution in [0.2, 0.25) is 0 Å². The van der Waals surface area contributed by atoms with E-state index in [0.29, 0.717) is 23.0 Å². The summed E-state index contributed by atoms with van der Waals surface area (Å²) >= 11 is 0. The molecule has 0 unspecified atom stereocenters. The number of nitriles is 1. The van der Waals surface area contributed by atoms with E-state index in [9.17, 15) is 5.26 Å². The highest BCUT2D eigenvalue weighted by molar-refractivity contribution is 5.82. The van der Waals surface area contributed by atoms with Gasteiger partial charge >= 0.3 is 0 Å². The first-order valence-electron chi connectivity index (χ1n) is 10.2. The van der Waals surface area contributed by atoms with E-state index >= 15 is 0 Å². The summed E-state index contributed by atoms with van der Waals surface area (Å²) in [4.78, 5) is 4.82. The first-order valence-corrected chi connectivity index (χ1v) is 10.2. The Hall–Kier alpha value is -3.14. The first kappa shape index (κ1) is 19.2. The number of fused-ring (bicyclic) bond motifs is 1. The normalized spacial score (nSPS) is 15.5. The summed E-state index contributed by atoms with van der Waals surface area (Å²) in [7, 11) is 3.29. The molecule has 152 valence electrons. The minimum Gasteiger partial charge on any atom is -0.497 e. The van der Waals surface area contributed by atoms with Crippen molar-refractivity contribution < 1.29 is 9.47 Å². The van der Waals surface area contributed by atoms with E-state index < -0.39 is 0 Å². The van der Waals surface area contributed by atoms with Gasteiger partial charge in [0.2, 0.25) is 0 Å². The van der Waals surface area contributed by atoms with Gasteiger partial charge in [0, 0.05) is 17.8 Å². The minimum atomic E-state index is 0.374. The number of aromatic amines is 1. The largest absolute Gasteiger partial charge is 0.497 e. The molecule has 2 aromatic heterocycles. The molecule has 7 nitrogen and oxygen atoms in total. The van der Waals surface area contributed by atoms with Gasteiger partial charge in [-0.05, 0) is 31.0 Å². The summed E-state index contributed by atoms with van der Waals surface area (Å²) in [5.74, 6) is 2.30. The van der Waals surface area contributed by atoms with Gasteiger partial charge in [-0.15, -0.1) is 0 Å². The van der Waals surface area contributed by atoms with Gasteiger partial charge in [0.25, 0.3) is 0 Å². The standard InChI is InChI=1S/C22H27N5O2/c1-28-17-10-11-19(29-2)18(12-17)20-22(25-16-8-6-4-3-5-7-9-16)27-21(26-20)15(13-23)14-24-27/h10-12,14,16,24-25H,3-9H2,1-2H3. The summed E-state index contributed by atoms with van der Waals surface area (Å²) < 4.78 is 12.9. The van der Waals surface area contributed by atoms with E-state index in [1.165, 1.54) is 32.1 Å². The molecular formula is C22H27N5O2. The summed E-state index contributed by atoms with van der Waals surface area (Å²) in [6, 6.07) is 8.27. The van der Waals surface area contributed by atoms with Gasteiger partial charge in [-0.2, -0.15) is 5.26 Å². The van der Waals surface area contributed by atoms with Crippen LogP contribution < -0.4 is 14.8 Å². The monoisotopic (exact) mass is 393 g/mol. The fourth-order valence-corrected chi connectivity index (χ4v) is 4.12. The number of imidazole rings is 1. The molecule has 3 aromatic rings. The fourth-order valence-electron chi connectivity index (χ4n) is 4.12. The highest BCUT2D eigenvalue weighted by atomic mass is 16.5. The number of H-pyrrole nitrogens is 1. The Morgan fingerprint density at radius 1 is 1.14 bits per heavy atom. The maximum atomic E-state index is 9.48. The van der Waals surface area contributed by atoms with Gasteiger partial charge in [0.05, 0.1) is 14.2 Å². The lowest BCUT2D eigenvalue weighted by Crippen LogP contribution is -2.22. The Bertz CT molecular complexity index is 1020. The van der Waals surface area contributed by atoms with Crippen LogP contribution in [0, 0.1) is 11.3 Å². The molecule has 1 aromatic carbocycles. The molecule has 1 aliphatic carbocycles. The Balaban J connectivity index is 1.82. The molecule has 0 atom stereocenters. The molecule has 29 heavy (non-hydrogen) atoms. The third-order valence-corrected chi connectivity index (χ3v) is 5.68. The van der Waals surface area contributed by atoms with E-state index in [4.69, 9.17) is 14.5 Å². The van der Waals surface area contributed by atoms with E-state index in [-0.39, 0.29) is 0 Å². The fraction of sp³-hybridized carbons (Fsp3) is 0.455. The molecule has 0 aliphatic heterocycles. The van der Waals surface area contributed by atoms with Crippen LogP contribution in [0.3, 0.4) is 0 Å². The zero-order chi connectivity index (χ0) is 20.2. The number of hydrogen-bond acceptors (Lipinski definition) is 5. The third-order valence-electron chi connectivity index (χ3n) is 5.68. The molecule has 1 aliphatic rings. The number of ether oxygens (including phenoxy) is 2. The van der Waals surface area contributed by atoms with Crippen LogP contribution in [-0.4, -0.2) is 34.9 Å². The lowest BCUT2D eigenvalue weighted by atomic mass is 9.96. The van der Waals surface area contributed by atoms with Gasteiger partial charge in [-0.25, -0.2) is 9.50 Å². The first-order chi connectivity index (χ1) is 14.2. The average Bonchev–Trinajstić information content (AvgIpc) is 3.28. The number of nitrogens with one attached hydrogen (secondary N) is 2. The second-order valence-electron chi connectivity index (χ2n) is 7.52. The lowest BCUT2D eigenvalue weighted by Gasteiger charge is -2.22. The minimum absolute atomic E-state index is 0.374. The molecule has 0 spiro atoms. The van der Waals surface area contributed by atoms with Crippen molar-refractivity contribution in [1.29, 1.82) is 5.26 Å². The highest BCUT2D eigenvalue weighted by Gasteiger charge is 2.23. The number of anilines is 1. The van der Waals surface area contributed by atoms with Crippen LogP contribution in [0.5, 0.6) is 11.5 Å². The van der Waals surface area contributed by atoms with Gasteiger partial charge in [0.15, 0.2) is 11.5 Å². The van der Waals surface area contributed by atoms with Crippen molar-refractivity contribution in [3.05, 3.63) is 30.0 Å². The van der Waals surface area contributed by atoms with E-state index in [2.05, 4.69) is 16.5 Å². The molecule has 0 bridgehead atoms. The zero-order valence-electron chi connectivity index (χ0n) is 17.0. The lowest BCUT2D eigenvalue weighted by molar-refractivity contribution is 0.404. The maximum absolute atomic E-state index is 9.48. The summed E-state index contributed by atoms with van der Waals surface area (Å²) in [5, 5.41) is 16.4. The van der Waals surface area contributed by atoms with Crippen LogP contribution in [0.4, 0.5) is 5.82 Å². The predicted molar refractivity (Wildman–Crippen MR) is 113 cm³/mol. The highest BCUT2D eigenvalue weighted by Crippen LogP contribution is 2.38. The molecule has 2 heterocycles. The van der Waals surface area contributed by atoms with Crippen molar-refractivity contribution in [1.82, 2.24) is 14.6 Å². The number of rotatable bonds is 5. The van der Waals surface area contributed by atoms with E-state index in [1.54, 1.807) is 20.4 Å². The predicted octanol–water partition coefficient (Wildman–Crippen LogP) is 4.74. The van der Waals surface area contributed by atoms with Crippen molar-refractivity contribution in [2.24, 2.45) is 0 Å². The van der Waals surface area contributed by atoms with Crippen molar-refractivity contribution in [2.75, 3.05) is 19.5 Å². The van der Waals surface area contributed by atoms with Crippen LogP contribution in [0.1, 0.15) is 50.5 Å².